The SMILES string of the molecule is O=C(O)N1CCC[C@H]1c1nc2cc(-c3cnc(-c4ccc(-c5cnc([C@@H]6CCCN6)[nH]5)cc4)nc3)ccc2[nH]1. The average molecular weight is 521 g/mol. The molecule has 2 saturated heterocycles. The number of likely N-dealkylation sites (tertiary alicyclic amines) is 1. The highest BCUT2D eigenvalue weighted by atomic mass is 16.4. The first-order chi connectivity index (χ1) is 19.1. The summed E-state index contributed by atoms with van der Waals surface area (Å²) in [6.07, 6.45) is 8.54. The van der Waals surface area contributed by atoms with E-state index in [0.29, 0.717) is 24.2 Å². The minimum atomic E-state index is -0.905. The van der Waals surface area contributed by atoms with Gasteiger partial charge in [0.05, 0.1) is 35.0 Å². The lowest BCUT2D eigenvalue weighted by molar-refractivity contribution is 0.139. The summed E-state index contributed by atoms with van der Waals surface area (Å²) in [7, 11) is 0. The predicted molar refractivity (Wildman–Crippen MR) is 147 cm³/mol. The molecule has 2 aliphatic heterocycles. The van der Waals surface area contributed by atoms with Crippen molar-refractivity contribution in [3.05, 3.63) is 72.7 Å². The van der Waals surface area contributed by atoms with E-state index in [-0.39, 0.29) is 6.04 Å². The number of carboxylic acid groups (broad SMARTS) is 1. The van der Waals surface area contributed by atoms with Crippen molar-refractivity contribution in [1.82, 2.24) is 40.1 Å². The maximum atomic E-state index is 11.6. The molecule has 0 saturated carbocycles. The number of hydrogen-bond donors (Lipinski definition) is 4. The van der Waals surface area contributed by atoms with E-state index >= 15 is 0 Å². The number of amides is 1. The van der Waals surface area contributed by atoms with Gasteiger partial charge in [0.15, 0.2) is 5.82 Å². The van der Waals surface area contributed by atoms with Crippen LogP contribution >= 0.6 is 0 Å². The van der Waals surface area contributed by atoms with Crippen LogP contribution in [0.25, 0.3) is 44.8 Å². The number of nitrogens with zero attached hydrogens (tertiary/aromatic N) is 5. The van der Waals surface area contributed by atoms with Gasteiger partial charge < -0.3 is 20.4 Å². The molecule has 0 spiro atoms. The normalized spacial score (nSPS) is 19.2. The molecule has 4 N–H and O–H groups in total. The molecule has 10 nitrogen and oxygen atoms in total. The summed E-state index contributed by atoms with van der Waals surface area (Å²) < 4.78 is 0. The van der Waals surface area contributed by atoms with Gasteiger partial charge in [0.1, 0.15) is 11.6 Å². The molecule has 2 fully saturated rings. The van der Waals surface area contributed by atoms with Crippen molar-refractivity contribution in [3.63, 3.8) is 0 Å². The fraction of sp³-hybridized carbons (Fsp3) is 0.276. The summed E-state index contributed by atoms with van der Waals surface area (Å²) in [5.74, 6) is 2.35. The van der Waals surface area contributed by atoms with Crippen molar-refractivity contribution in [1.29, 1.82) is 0 Å². The molecule has 0 radical (unpaired) electrons. The first-order valence-electron chi connectivity index (χ1n) is 13.3. The molecule has 0 unspecified atom stereocenters. The van der Waals surface area contributed by atoms with Crippen molar-refractivity contribution in [2.75, 3.05) is 13.1 Å². The van der Waals surface area contributed by atoms with Gasteiger partial charge in [-0.25, -0.2) is 24.7 Å². The third-order valence-electron chi connectivity index (χ3n) is 7.74. The highest BCUT2D eigenvalue weighted by Crippen LogP contribution is 2.32. The Morgan fingerprint density at radius 3 is 2.41 bits per heavy atom. The molecule has 3 aromatic heterocycles. The van der Waals surface area contributed by atoms with Crippen molar-refractivity contribution in [3.8, 4) is 33.8 Å². The van der Waals surface area contributed by atoms with E-state index in [4.69, 9.17) is 4.98 Å². The Balaban J connectivity index is 1.08. The molecule has 10 heteroatoms. The molecule has 196 valence electrons. The third kappa shape index (κ3) is 4.42. The summed E-state index contributed by atoms with van der Waals surface area (Å²) >= 11 is 0. The van der Waals surface area contributed by atoms with Crippen LogP contribution in [0.15, 0.2) is 61.1 Å². The molecule has 5 aromatic rings. The van der Waals surface area contributed by atoms with Crippen LogP contribution in [0.1, 0.15) is 49.4 Å². The Bertz CT molecular complexity index is 1630. The standard InChI is InChI=1S/C29H28N8O2/c38-29(39)37-12-2-4-25(37)28-34-21-10-9-19(13-23(21)35-28)20-14-31-26(32-15-20)18-7-5-17(6-8-18)24-16-33-27(36-24)22-3-1-11-30-22/h5-10,13-16,22,25,30H,1-4,11-12H2,(H,33,36)(H,34,35)(H,38,39)/t22-,25-/m0/s1. The number of nitrogens with one attached hydrogen (secondary N) is 3. The van der Waals surface area contributed by atoms with Gasteiger partial charge in [-0.3, -0.25) is 4.90 Å². The minimum absolute atomic E-state index is 0.230. The number of carbonyl (C=O) groups is 1. The summed E-state index contributed by atoms with van der Waals surface area (Å²) in [5.41, 5.74) is 6.54. The topological polar surface area (TPSA) is 136 Å². The number of hydrogen-bond acceptors (Lipinski definition) is 6. The van der Waals surface area contributed by atoms with Crippen LogP contribution in [0, 0.1) is 0 Å². The van der Waals surface area contributed by atoms with Crippen molar-refractivity contribution < 1.29 is 9.90 Å². The van der Waals surface area contributed by atoms with Gasteiger partial charge in [-0.15, -0.1) is 0 Å². The maximum Gasteiger partial charge on any atom is 0.407 e. The summed E-state index contributed by atoms with van der Waals surface area (Å²) in [4.78, 5) is 38.3. The minimum Gasteiger partial charge on any atom is -0.465 e. The van der Waals surface area contributed by atoms with Crippen molar-refractivity contribution in [2.45, 2.75) is 37.8 Å². The Labute approximate surface area is 224 Å². The largest absolute Gasteiger partial charge is 0.465 e. The van der Waals surface area contributed by atoms with Crippen molar-refractivity contribution >= 4 is 17.1 Å². The fourth-order valence-electron chi connectivity index (χ4n) is 5.65. The molecule has 39 heavy (non-hydrogen) atoms. The highest BCUT2D eigenvalue weighted by molar-refractivity contribution is 5.82. The zero-order valence-corrected chi connectivity index (χ0v) is 21.3. The molecule has 2 aliphatic rings. The van der Waals surface area contributed by atoms with E-state index < -0.39 is 6.09 Å². The molecule has 2 aromatic carbocycles. The fourth-order valence-corrected chi connectivity index (χ4v) is 5.65. The lowest BCUT2D eigenvalue weighted by Gasteiger charge is -2.19. The number of rotatable bonds is 5. The zero-order chi connectivity index (χ0) is 26.3. The van der Waals surface area contributed by atoms with E-state index in [1.165, 1.54) is 11.3 Å². The van der Waals surface area contributed by atoms with Crippen LogP contribution in [0.4, 0.5) is 4.79 Å². The number of benzene rings is 2. The molecule has 0 bridgehead atoms. The maximum absolute atomic E-state index is 11.6. The second-order valence-corrected chi connectivity index (χ2v) is 10.2. The molecular formula is C29H28N8O2. The smallest absolute Gasteiger partial charge is 0.407 e. The van der Waals surface area contributed by atoms with Crippen LogP contribution in [0.5, 0.6) is 0 Å². The third-order valence-corrected chi connectivity index (χ3v) is 7.74. The number of imidazole rings is 2. The number of fused-ring (bicyclic) bond motifs is 1. The average Bonchev–Trinajstić information content (AvgIpc) is 3.78. The monoisotopic (exact) mass is 520 g/mol. The number of aromatic amines is 2. The highest BCUT2D eigenvalue weighted by Gasteiger charge is 2.32. The first-order valence-corrected chi connectivity index (χ1v) is 13.3. The van der Waals surface area contributed by atoms with Gasteiger partial charge in [0, 0.05) is 30.1 Å². The van der Waals surface area contributed by atoms with Gasteiger partial charge in [0.25, 0.3) is 0 Å². The van der Waals surface area contributed by atoms with Gasteiger partial charge in [-0.1, -0.05) is 30.3 Å². The van der Waals surface area contributed by atoms with Gasteiger partial charge in [-0.2, -0.15) is 0 Å². The molecule has 2 atom stereocenters. The molecular weight excluding hydrogens is 492 g/mol. The quantitative estimate of drug-likeness (QED) is 0.246. The van der Waals surface area contributed by atoms with Gasteiger partial charge in [-0.05, 0) is 55.5 Å². The van der Waals surface area contributed by atoms with E-state index in [2.05, 4.69) is 42.4 Å². The number of aromatic nitrogens is 6. The van der Waals surface area contributed by atoms with Crippen LogP contribution in [0.3, 0.4) is 0 Å². The molecule has 1 amide bonds. The van der Waals surface area contributed by atoms with Crippen LogP contribution in [-0.4, -0.2) is 59.1 Å². The van der Waals surface area contributed by atoms with E-state index in [0.717, 1.165) is 70.6 Å². The lowest BCUT2D eigenvalue weighted by Crippen LogP contribution is -2.29. The van der Waals surface area contributed by atoms with Crippen LogP contribution in [-0.2, 0) is 0 Å². The van der Waals surface area contributed by atoms with E-state index in [1.54, 1.807) is 0 Å². The summed E-state index contributed by atoms with van der Waals surface area (Å²) in [6.45, 7) is 1.58. The van der Waals surface area contributed by atoms with E-state index in [1.807, 2.05) is 48.9 Å². The molecule has 5 heterocycles. The zero-order valence-electron chi connectivity index (χ0n) is 21.3. The van der Waals surface area contributed by atoms with E-state index in [9.17, 15) is 9.90 Å². The van der Waals surface area contributed by atoms with Gasteiger partial charge >= 0.3 is 6.09 Å². The second kappa shape index (κ2) is 9.63. The Morgan fingerprint density at radius 1 is 0.846 bits per heavy atom. The lowest BCUT2D eigenvalue weighted by atomic mass is 10.1. The number of H-pyrrole nitrogens is 2. The Morgan fingerprint density at radius 2 is 1.64 bits per heavy atom. The van der Waals surface area contributed by atoms with Crippen LogP contribution < -0.4 is 5.32 Å². The first kappa shape index (κ1) is 23.5. The summed E-state index contributed by atoms with van der Waals surface area (Å²) in [5, 5.41) is 13.0. The van der Waals surface area contributed by atoms with Crippen LogP contribution in [0.2, 0.25) is 0 Å². The van der Waals surface area contributed by atoms with Gasteiger partial charge in [0.2, 0.25) is 0 Å². The molecule has 7 rings (SSSR count). The molecule has 0 aliphatic carbocycles. The Hall–Kier alpha value is -4.57. The second-order valence-electron chi connectivity index (χ2n) is 10.2. The predicted octanol–water partition coefficient (Wildman–Crippen LogP) is 5.32. The Kier molecular flexibility index (Phi) is 5.81. The summed E-state index contributed by atoms with van der Waals surface area (Å²) in [6, 6.07) is 14.2. The van der Waals surface area contributed by atoms with Crippen molar-refractivity contribution in [2.24, 2.45) is 0 Å².